The Bertz CT molecular complexity index is 825. The minimum Gasteiger partial charge on any atom is -0.346 e. The van der Waals surface area contributed by atoms with Crippen molar-refractivity contribution in [2.24, 2.45) is 0 Å². The van der Waals surface area contributed by atoms with Crippen LogP contribution in [-0.2, 0) is 13.1 Å². The monoisotopic (exact) mass is 320 g/mol. The molecule has 0 aliphatic heterocycles. The Morgan fingerprint density at radius 1 is 1.08 bits per heavy atom. The number of pyridine rings is 1. The van der Waals surface area contributed by atoms with Gasteiger partial charge in [0.15, 0.2) is 0 Å². The lowest BCUT2D eigenvalue weighted by Gasteiger charge is -2.07. The van der Waals surface area contributed by atoms with Crippen molar-refractivity contribution in [3.63, 3.8) is 0 Å². The first kappa shape index (κ1) is 15.9. The van der Waals surface area contributed by atoms with Crippen molar-refractivity contribution in [1.29, 1.82) is 0 Å². The Morgan fingerprint density at radius 2 is 1.83 bits per heavy atom. The van der Waals surface area contributed by atoms with Crippen molar-refractivity contribution < 1.29 is 4.79 Å². The Morgan fingerprint density at radius 3 is 2.54 bits per heavy atom. The molecule has 0 saturated carbocycles. The maximum absolute atomic E-state index is 12.5. The molecule has 1 amide bonds. The van der Waals surface area contributed by atoms with Crippen LogP contribution in [0.25, 0.3) is 0 Å². The van der Waals surface area contributed by atoms with Crippen molar-refractivity contribution in [3.05, 3.63) is 82.9 Å². The Hall–Kier alpha value is -2.95. The smallest absolute Gasteiger partial charge is 0.255 e. The molecule has 1 aromatic carbocycles. The number of aryl methyl sites for hydroxylation is 1. The Kier molecular flexibility index (Phi) is 4.70. The molecule has 2 heterocycles. The molecule has 0 aliphatic carbocycles. The highest BCUT2D eigenvalue weighted by atomic mass is 16.1. The van der Waals surface area contributed by atoms with Gasteiger partial charge in [-0.15, -0.1) is 0 Å². The molecule has 2 aromatic heterocycles. The van der Waals surface area contributed by atoms with Crippen LogP contribution in [0.15, 0.2) is 54.7 Å². The highest BCUT2D eigenvalue weighted by Crippen LogP contribution is 2.15. The maximum Gasteiger partial charge on any atom is 0.255 e. The van der Waals surface area contributed by atoms with E-state index in [1.165, 1.54) is 0 Å². The summed E-state index contributed by atoms with van der Waals surface area (Å²) in [6.07, 6.45) is 1.72. The lowest BCUT2D eigenvalue weighted by atomic mass is 10.1. The van der Waals surface area contributed by atoms with Crippen molar-refractivity contribution in [2.45, 2.75) is 26.9 Å². The number of nitrogens with one attached hydrogen (secondary N) is 1. The van der Waals surface area contributed by atoms with Crippen molar-refractivity contribution >= 4 is 5.91 Å². The van der Waals surface area contributed by atoms with Gasteiger partial charge in [-0.05, 0) is 31.5 Å². The first-order chi connectivity index (χ1) is 11.6. The van der Waals surface area contributed by atoms with Crippen LogP contribution >= 0.6 is 0 Å². The molecule has 0 unspecified atom stereocenters. The molecule has 3 rings (SSSR count). The largest absolute Gasteiger partial charge is 0.346 e. The van der Waals surface area contributed by atoms with E-state index in [-0.39, 0.29) is 5.91 Å². The number of aromatic nitrogens is 3. The van der Waals surface area contributed by atoms with Crippen molar-refractivity contribution in [2.75, 3.05) is 0 Å². The molecule has 3 aromatic rings. The molecular formula is C19H20N4O. The molecule has 0 radical (unpaired) electrons. The molecule has 122 valence electrons. The highest BCUT2D eigenvalue weighted by molar-refractivity contribution is 5.96. The summed E-state index contributed by atoms with van der Waals surface area (Å²) in [6, 6.07) is 15.7. The summed E-state index contributed by atoms with van der Waals surface area (Å²) < 4.78 is 1.88. The summed E-state index contributed by atoms with van der Waals surface area (Å²) in [5, 5.41) is 7.44. The van der Waals surface area contributed by atoms with E-state index in [9.17, 15) is 4.79 Å². The van der Waals surface area contributed by atoms with Crippen LogP contribution in [0.3, 0.4) is 0 Å². The second-order valence-electron chi connectivity index (χ2n) is 5.69. The van der Waals surface area contributed by atoms with E-state index in [0.29, 0.717) is 18.7 Å². The third kappa shape index (κ3) is 3.51. The van der Waals surface area contributed by atoms with Gasteiger partial charge in [0.1, 0.15) is 0 Å². The van der Waals surface area contributed by atoms with E-state index < -0.39 is 0 Å². The second kappa shape index (κ2) is 7.08. The van der Waals surface area contributed by atoms with Crippen LogP contribution < -0.4 is 5.32 Å². The minimum atomic E-state index is -0.116. The third-order valence-electron chi connectivity index (χ3n) is 3.94. The second-order valence-corrected chi connectivity index (χ2v) is 5.69. The van der Waals surface area contributed by atoms with E-state index in [2.05, 4.69) is 27.5 Å². The van der Waals surface area contributed by atoms with Crippen molar-refractivity contribution in [1.82, 2.24) is 20.1 Å². The number of hydrogen-bond acceptors (Lipinski definition) is 3. The van der Waals surface area contributed by atoms with Crippen LogP contribution in [0.2, 0.25) is 0 Å². The summed E-state index contributed by atoms with van der Waals surface area (Å²) in [7, 11) is 0. The van der Waals surface area contributed by atoms with Gasteiger partial charge in [0.05, 0.1) is 30.0 Å². The zero-order chi connectivity index (χ0) is 16.9. The number of carbonyl (C=O) groups excluding carboxylic acids is 1. The minimum absolute atomic E-state index is 0.116. The van der Waals surface area contributed by atoms with Gasteiger partial charge in [-0.25, -0.2) is 0 Å². The van der Waals surface area contributed by atoms with Crippen LogP contribution in [0.1, 0.15) is 33.0 Å². The number of rotatable bonds is 5. The van der Waals surface area contributed by atoms with Gasteiger partial charge in [-0.2, -0.15) is 5.10 Å². The van der Waals surface area contributed by atoms with E-state index >= 15 is 0 Å². The number of amides is 1. The molecule has 5 heteroatoms. The number of hydrogen-bond donors (Lipinski definition) is 1. The summed E-state index contributed by atoms with van der Waals surface area (Å²) in [5.41, 5.74) is 4.24. The molecule has 0 atom stereocenters. The number of benzene rings is 1. The SMILES string of the molecule is Cc1nn(Cc2ccccc2)c(C)c1C(=O)NCc1ccccn1. The fraction of sp³-hybridized carbons (Fsp3) is 0.211. The maximum atomic E-state index is 12.5. The predicted octanol–water partition coefficient (Wildman–Crippen LogP) is 2.87. The number of nitrogens with zero attached hydrogens (tertiary/aromatic N) is 3. The van der Waals surface area contributed by atoms with Crippen molar-refractivity contribution in [3.8, 4) is 0 Å². The molecule has 0 aliphatic rings. The molecule has 0 fully saturated rings. The first-order valence-electron chi connectivity index (χ1n) is 7.91. The van der Waals surface area contributed by atoms with Gasteiger partial charge in [0.25, 0.3) is 5.91 Å². The van der Waals surface area contributed by atoms with Gasteiger partial charge >= 0.3 is 0 Å². The molecular weight excluding hydrogens is 300 g/mol. The predicted molar refractivity (Wildman–Crippen MR) is 92.7 cm³/mol. The summed E-state index contributed by atoms with van der Waals surface area (Å²) >= 11 is 0. The normalized spacial score (nSPS) is 10.6. The van der Waals surface area contributed by atoms with Crippen LogP contribution in [0.4, 0.5) is 0 Å². The molecule has 24 heavy (non-hydrogen) atoms. The fourth-order valence-electron chi connectivity index (χ4n) is 2.70. The summed E-state index contributed by atoms with van der Waals surface area (Å²) in [5.74, 6) is -0.116. The fourth-order valence-corrected chi connectivity index (χ4v) is 2.70. The van der Waals surface area contributed by atoms with Gasteiger partial charge in [-0.1, -0.05) is 36.4 Å². The van der Waals surface area contributed by atoms with E-state index in [4.69, 9.17) is 0 Å². The third-order valence-corrected chi connectivity index (χ3v) is 3.94. The lowest BCUT2D eigenvalue weighted by Crippen LogP contribution is -2.24. The van der Waals surface area contributed by atoms with Crippen LogP contribution in [0.5, 0.6) is 0 Å². The molecule has 0 bridgehead atoms. The molecule has 1 N–H and O–H groups in total. The quantitative estimate of drug-likeness (QED) is 0.786. The van der Waals surface area contributed by atoms with E-state index in [0.717, 1.165) is 22.6 Å². The standard InChI is InChI=1S/C19H20N4O/c1-14-18(19(24)21-12-17-10-6-7-11-20-17)15(2)23(22-14)13-16-8-4-3-5-9-16/h3-11H,12-13H2,1-2H3,(H,21,24). The first-order valence-corrected chi connectivity index (χ1v) is 7.91. The van der Waals surface area contributed by atoms with Crippen LogP contribution in [-0.4, -0.2) is 20.7 Å². The topological polar surface area (TPSA) is 59.8 Å². The van der Waals surface area contributed by atoms with E-state index in [1.807, 2.05) is 54.9 Å². The van der Waals surface area contributed by atoms with Crippen LogP contribution in [0, 0.1) is 13.8 Å². The molecule has 0 spiro atoms. The highest BCUT2D eigenvalue weighted by Gasteiger charge is 2.18. The lowest BCUT2D eigenvalue weighted by molar-refractivity contribution is 0.0949. The zero-order valence-electron chi connectivity index (χ0n) is 13.9. The zero-order valence-corrected chi connectivity index (χ0v) is 13.9. The molecule has 0 saturated heterocycles. The Balaban J connectivity index is 1.74. The Labute approximate surface area is 141 Å². The number of carbonyl (C=O) groups is 1. The molecule has 5 nitrogen and oxygen atoms in total. The van der Waals surface area contributed by atoms with Gasteiger partial charge in [0, 0.05) is 11.9 Å². The summed E-state index contributed by atoms with van der Waals surface area (Å²) in [6.45, 7) is 4.85. The van der Waals surface area contributed by atoms with Gasteiger partial charge in [-0.3, -0.25) is 14.5 Å². The van der Waals surface area contributed by atoms with E-state index in [1.54, 1.807) is 6.20 Å². The average Bonchev–Trinajstić information content (AvgIpc) is 2.88. The van der Waals surface area contributed by atoms with Gasteiger partial charge < -0.3 is 5.32 Å². The van der Waals surface area contributed by atoms with Gasteiger partial charge in [0.2, 0.25) is 0 Å². The summed E-state index contributed by atoms with van der Waals surface area (Å²) in [4.78, 5) is 16.7. The average molecular weight is 320 g/mol.